The Balaban J connectivity index is 2.17. The highest BCUT2D eigenvalue weighted by atomic mass is 35.5. The minimum atomic E-state index is 0.507. The molecule has 0 saturated carbocycles. The molecule has 1 aromatic rings. The Labute approximate surface area is 110 Å². The molecule has 17 heavy (non-hydrogen) atoms. The lowest BCUT2D eigenvalue weighted by atomic mass is 9.93. The van der Waals surface area contributed by atoms with Crippen molar-refractivity contribution in [2.45, 2.75) is 51.5 Å². The topological polar surface area (TPSA) is 12.0 Å². The van der Waals surface area contributed by atoms with Crippen molar-refractivity contribution in [3.63, 3.8) is 0 Å². The summed E-state index contributed by atoms with van der Waals surface area (Å²) < 4.78 is 0. The maximum absolute atomic E-state index is 6.39. The van der Waals surface area contributed by atoms with Crippen molar-refractivity contribution >= 4 is 11.6 Å². The molecule has 1 N–H and O–H groups in total. The molecule has 1 nitrogen and oxygen atoms in total. The predicted molar refractivity (Wildman–Crippen MR) is 74.8 cm³/mol. The zero-order chi connectivity index (χ0) is 12.3. The summed E-state index contributed by atoms with van der Waals surface area (Å²) in [6, 6.07) is 7.12. The van der Waals surface area contributed by atoms with Crippen LogP contribution in [-0.4, -0.2) is 6.54 Å². The first-order valence-electron chi connectivity index (χ1n) is 6.75. The van der Waals surface area contributed by atoms with Gasteiger partial charge in [-0.1, -0.05) is 44.0 Å². The summed E-state index contributed by atoms with van der Waals surface area (Å²) in [7, 11) is 0. The van der Waals surface area contributed by atoms with Crippen molar-refractivity contribution < 1.29 is 0 Å². The fourth-order valence-electron chi connectivity index (χ4n) is 2.52. The van der Waals surface area contributed by atoms with E-state index >= 15 is 0 Å². The van der Waals surface area contributed by atoms with E-state index in [1.807, 2.05) is 0 Å². The van der Waals surface area contributed by atoms with Crippen LogP contribution in [0.3, 0.4) is 0 Å². The molecule has 1 heterocycles. The Hall–Kier alpha value is -0.530. The Kier molecular flexibility index (Phi) is 4.47. The van der Waals surface area contributed by atoms with Crippen LogP contribution in [0.5, 0.6) is 0 Å². The van der Waals surface area contributed by atoms with Gasteiger partial charge in [-0.2, -0.15) is 0 Å². The molecule has 2 atom stereocenters. The Morgan fingerprint density at radius 3 is 2.82 bits per heavy atom. The first-order valence-corrected chi connectivity index (χ1v) is 7.13. The third-order valence-corrected chi connectivity index (χ3v) is 4.21. The minimum Gasteiger partial charge on any atom is -0.310 e. The van der Waals surface area contributed by atoms with Gasteiger partial charge in [0.05, 0.1) is 0 Å². The van der Waals surface area contributed by atoms with E-state index in [4.69, 9.17) is 11.6 Å². The normalized spacial score (nSPS) is 22.4. The van der Waals surface area contributed by atoms with Crippen LogP contribution < -0.4 is 5.32 Å². The summed E-state index contributed by atoms with van der Waals surface area (Å²) in [6.07, 6.45) is 5.00. The molecule has 1 aliphatic rings. The van der Waals surface area contributed by atoms with E-state index in [9.17, 15) is 0 Å². The molecule has 0 bridgehead atoms. The van der Waals surface area contributed by atoms with Gasteiger partial charge in [0.25, 0.3) is 0 Å². The molecule has 1 saturated heterocycles. The molecule has 2 heteroatoms. The number of hydrogen-bond donors (Lipinski definition) is 1. The zero-order valence-electron chi connectivity index (χ0n) is 10.8. The lowest BCUT2D eigenvalue weighted by molar-refractivity contribution is 0.412. The number of benzene rings is 1. The number of hydrogen-bond acceptors (Lipinski definition) is 1. The summed E-state index contributed by atoms with van der Waals surface area (Å²) in [6.45, 7) is 5.58. The Bertz CT molecular complexity index is 369. The first-order chi connectivity index (χ1) is 8.22. The highest BCUT2D eigenvalue weighted by Gasteiger charge is 2.16. The molecule has 1 aromatic carbocycles. The summed E-state index contributed by atoms with van der Waals surface area (Å²) in [5.41, 5.74) is 2.63. The largest absolute Gasteiger partial charge is 0.310 e. The quantitative estimate of drug-likeness (QED) is 0.823. The van der Waals surface area contributed by atoms with Crippen LogP contribution >= 0.6 is 11.6 Å². The van der Waals surface area contributed by atoms with Gasteiger partial charge in [0.1, 0.15) is 0 Å². The van der Waals surface area contributed by atoms with Gasteiger partial charge in [-0.15, -0.1) is 0 Å². The average molecular weight is 252 g/mol. The van der Waals surface area contributed by atoms with Crippen LogP contribution in [0.4, 0.5) is 0 Å². The summed E-state index contributed by atoms with van der Waals surface area (Å²) in [5.74, 6) is 0.552. The molecule has 0 amide bonds. The molecule has 2 unspecified atom stereocenters. The number of piperidine rings is 1. The molecule has 0 radical (unpaired) electrons. The fraction of sp³-hybridized carbons (Fsp3) is 0.600. The molecule has 1 aliphatic heterocycles. The van der Waals surface area contributed by atoms with Gasteiger partial charge in [0.15, 0.2) is 0 Å². The van der Waals surface area contributed by atoms with Crippen molar-refractivity contribution in [1.82, 2.24) is 5.32 Å². The standard InChI is InChI=1S/C15H22ClN/c1-3-11(2)13-8-7-12(10-14(13)16)15-6-4-5-9-17-15/h7-8,10-11,15,17H,3-6,9H2,1-2H3. The van der Waals surface area contributed by atoms with E-state index in [0.29, 0.717) is 12.0 Å². The third-order valence-electron chi connectivity index (χ3n) is 3.88. The van der Waals surface area contributed by atoms with Crippen molar-refractivity contribution in [1.29, 1.82) is 0 Å². The number of rotatable bonds is 3. The molecule has 2 rings (SSSR count). The second kappa shape index (κ2) is 5.88. The molecule has 0 spiro atoms. The van der Waals surface area contributed by atoms with Gasteiger partial charge in [-0.3, -0.25) is 0 Å². The van der Waals surface area contributed by atoms with Gasteiger partial charge in [0.2, 0.25) is 0 Å². The van der Waals surface area contributed by atoms with Crippen LogP contribution in [0.25, 0.3) is 0 Å². The van der Waals surface area contributed by atoms with Crippen LogP contribution in [0.1, 0.15) is 62.6 Å². The predicted octanol–water partition coefficient (Wildman–Crippen LogP) is 4.67. The lowest BCUT2D eigenvalue weighted by Gasteiger charge is -2.24. The summed E-state index contributed by atoms with van der Waals surface area (Å²) >= 11 is 6.39. The van der Waals surface area contributed by atoms with Crippen LogP contribution in [0.2, 0.25) is 5.02 Å². The number of nitrogens with one attached hydrogen (secondary N) is 1. The van der Waals surface area contributed by atoms with Crippen LogP contribution in [-0.2, 0) is 0 Å². The molecular weight excluding hydrogens is 230 g/mol. The second-order valence-corrected chi connectivity index (χ2v) is 5.50. The summed E-state index contributed by atoms with van der Waals surface area (Å²) in [5, 5.41) is 4.50. The maximum atomic E-state index is 6.39. The monoisotopic (exact) mass is 251 g/mol. The van der Waals surface area contributed by atoms with Gasteiger partial charge in [-0.05, 0) is 48.9 Å². The molecular formula is C15H22ClN. The van der Waals surface area contributed by atoms with Gasteiger partial charge in [-0.25, -0.2) is 0 Å². The third kappa shape index (κ3) is 3.02. The lowest BCUT2D eigenvalue weighted by Crippen LogP contribution is -2.26. The van der Waals surface area contributed by atoms with Gasteiger partial charge in [0, 0.05) is 11.1 Å². The fourth-order valence-corrected chi connectivity index (χ4v) is 2.89. The minimum absolute atomic E-state index is 0.507. The summed E-state index contributed by atoms with van der Waals surface area (Å²) in [4.78, 5) is 0. The molecule has 94 valence electrons. The smallest absolute Gasteiger partial charge is 0.0444 e. The van der Waals surface area contributed by atoms with Gasteiger partial charge >= 0.3 is 0 Å². The second-order valence-electron chi connectivity index (χ2n) is 5.09. The van der Waals surface area contributed by atoms with Crippen molar-refractivity contribution in [3.8, 4) is 0 Å². The van der Waals surface area contributed by atoms with Crippen LogP contribution in [0, 0.1) is 0 Å². The number of halogens is 1. The van der Waals surface area contributed by atoms with Crippen molar-refractivity contribution in [2.24, 2.45) is 0 Å². The highest BCUT2D eigenvalue weighted by Crippen LogP contribution is 2.31. The van der Waals surface area contributed by atoms with E-state index in [1.165, 1.54) is 30.4 Å². The molecule has 0 aliphatic carbocycles. The van der Waals surface area contributed by atoms with Crippen molar-refractivity contribution in [2.75, 3.05) is 6.54 Å². The Morgan fingerprint density at radius 2 is 2.24 bits per heavy atom. The van der Waals surface area contributed by atoms with E-state index < -0.39 is 0 Å². The van der Waals surface area contributed by atoms with E-state index in [-0.39, 0.29) is 0 Å². The average Bonchev–Trinajstić information content (AvgIpc) is 2.39. The zero-order valence-corrected chi connectivity index (χ0v) is 11.6. The molecule has 0 aromatic heterocycles. The van der Waals surface area contributed by atoms with E-state index in [0.717, 1.165) is 18.0 Å². The van der Waals surface area contributed by atoms with Crippen LogP contribution in [0.15, 0.2) is 18.2 Å². The Morgan fingerprint density at radius 1 is 1.41 bits per heavy atom. The first kappa shape index (κ1) is 12.9. The molecule has 1 fully saturated rings. The van der Waals surface area contributed by atoms with Gasteiger partial charge < -0.3 is 5.32 Å². The van der Waals surface area contributed by atoms with E-state index in [2.05, 4.69) is 37.4 Å². The SMILES string of the molecule is CCC(C)c1ccc(C2CCCCN2)cc1Cl. The van der Waals surface area contributed by atoms with E-state index in [1.54, 1.807) is 0 Å². The highest BCUT2D eigenvalue weighted by molar-refractivity contribution is 6.31. The van der Waals surface area contributed by atoms with Crippen molar-refractivity contribution in [3.05, 3.63) is 34.3 Å². The maximum Gasteiger partial charge on any atom is 0.0444 e.